The van der Waals surface area contributed by atoms with Gasteiger partial charge < -0.3 is 10.1 Å². The molecule has 1 aliphatic carbocycles. The molecule has 4 rings (SSSR count). The number of nitrogens with zero attached hydrogens (tertiary/aromatic N) is 5. The summed E-state index contributed by atoms with van der Waals surface area (Å²) < 4.78 is 59.8. The van der Waals surface area contributed by atoms with Crippen LogP contribution in [0, 0.1) is 0 Å². The third kappa shape index (κ3) is 5.08. The number of halogens is 4. The Morgan fingerprint density at radius 2 is 2.09 bits per heavy atom. The van der Waals surface area contributed by atoms with E-state index in [1.54, 1.807) is 19.3 Å². The molecule has 0 saturated heterocycles. The fourth-order valence-corrected chi connectivity index (χ4v) is 4.44. The first kappa shape index (κ1) is 23.8. The maximum absolute atomic E-state index is 13.1. The van der Waals surface area contributed by atoms with Gasteiger partial charge in [0, 0.05) is 37.6 Å². The van der Waals surface area contributed by atoms with Gasteiger partial charge in [0.1, 0.15) is 30.4 Å². The number of fused-ring (bicyclic) bond motifs is 1. The maximum atomic E-state index is 13.1. The minimum Gasteiger partial charge on any atom is -0.439 e. The molecule has 0 radical (unpaired) electrons. The van der Waals surface area contributed by atoms with E-state index in [1.165, 1.54) is 33.9 Å². The van der Waals surface area contributed by atoms with Crippen LogP contribution in [0.5, 0.6) is 0 Å². The number of anilines is 1. The molecule has 0 fully saturated rings. The Bertz CT molecular complexity index is 1250. The zero-order valence-electron chi connectivity index (χ0n) is 17.9. The Morgan fingerprint density at radius 1 is 1.29 bits per heavy atom. The molecule has 13 heteroatoms. The lowest BCUT2D eigenvalue weighted by molar-refractivity contribution is -0.0977. The average molecular weight is 496 g/mol. The van der Waals surface area contributed by atoms with E-state index in [0.29, 0.717) is 10.6 Å². The van der Waals surface area contributed by atoms with Crippen LogP contribution in [-0.2, 0) is 11.8 Å². The molecule has 3 aromatic rings. The van der Waals surface area contributed by atoms with Gasteiger partial charge in [-0.2, -0.15) is 19.0 Å². The first-order valence-electron chi connectivity index (χ1n) is 10.2. The highest BCUT2D eigenvalue weighted by Gasteiger charge is 2.26. The van der Waals surface area contributed by atoms with E-state index in [-0.39, 0.29) is 41.1 Å². The van der Waals surface area contributed by atoms with Crippen molar-refractivity contribution < 1.29 is 27.1 Å². The number of alkyl halides is 4. The minimum absolute atomic E-state index is 0.0248. The molecule has 1 amide bonds. The van der Waals surface area contributed by atoms with E-state index in [0.717, 1.165) is 11.8 Å². The van der Waals surface area contributed by atoms with Crippen LogP contribution in [0.1, 0.15) is 28.9 Å². The van der Waals surface area contributed by atoms with Gasteiger partial charge in [-0.3, -0.25) is 9.48 Å². The van der Waals surface area contributed by atoms with Crippen molar-refractivity contribution in [2.45, 2.75) is 24.7 Å². The molecule has 3 aromatic heterocycles. The van der Waals surface area contributed by atoms with E-state index in [4.69, 9.17) is 4.74 Å². The summed E-state index contributed by atoms with van der Waals surface area (Å²) in [5.74, 6) is -0.549. The van der Waals surface area contributed by atoms with Crippen LogP contribution in [0.3, 0.4) is 0 Å². The number of nitrogens with one attached hydrogen (secondary N) is 1. The van der Waals surface area contributed by atoms with Crippen molar-refractivity contribution >= 4 is 34.6 Å². The summed E-state index contributed by atoms with van der Waals surface area (Å²) >= 11 is 1.00. The molecule has 1 N–H and O–H groups in total. The van der Waals surface area contributed by atoms with Crippen LogP contribution in [0.15, 0.2) is 47.6 Å². The van der Waals surface area contributed by atoms with Crippen LogP contribution in [0.25, 0.3) is 11.2 Å². The van der Waals surface area contributed by atoms with E-state index in [1.807, 2.05) is 0 Å². The van der Waals surface area contributed by atoms with Crippen molar-refractivity contribution in [3.8, 4) is 0 Å². The first-order chi connectivity index (χ1) is 16.4. The second-order valence-electron chi connectivity index (χ2n) is 7.34. The number of thioether (sulfide) groups is 1. The molecule has 0 atom stereocenters. The highest BCUT2D eigenvalue weighted by Crippen LogP contribution is 2.40. The molecule has 0 aromatic carbocycles. The third-order valence-electron chi connectivity index (χ3n) is 4.95. The van der Waals surface area contributed by atoms with Crippen LogP contribution in [0.4, 0.5) is 23.2 Å². The van der Waals surface area contributed by atoms with Crippen molar-refractivity contribution in [2.24, 2.45) is 7.05 Å². The predicted octanol–water partition coefficient (Wildman–Crippen LogP) is 4.38. The molecule has 8 nitrogen and oxygen atoms in total. The van der Waals surface area contributed by atoms with Gasteiger partial charge in [0.15, 0.2) is 5.65 Å². The Balaban J connectivity index is 1.69. The molecule has 3 heterocycles. The predicted molar refractivity (Wildman–Crippen MR) is 119 cm³/mol. The Morgan fingerprint density at radius 3 is 2.82 bits per heavy atom. The van der Waals surface area contributed by atoms with Gasteiger partial charge in [-0.25, -0.2) is 18.3 Å². The second kappa shape index (κ2) is 10.3. The maximum Gasteiger partial charge on any atom is 0.387 e. The monoisotopic (exact) mass is 496 g/mol. The number of ether oxygens (including phenoxy) is 1. The normalized spacial score (nSPS) is 14.3. The van der Waals surface area contributed by atoms with Gasteiger partial charge in [-0.05, 0) is 23.5 Å². The molecule has 34 heavy (non-hydrogen) atoms. The number of carbonyl (C=O) groups is 1. The van der Waals surface area contributed by atoms with E-state index >= 15 is 0 Å². The molecule has 0 bridgehead atoms. The van der Waals surface area contributed by atoms with E-state index < -0.39 is 31.1 Å². The van der Waals surface area contributed by atoms with Crippen LogP contribution < -0.4 is 5.32 Å². The van der Waals surface area contributed by atoms with Crippen LogP contribution in [0.2, 0.25) is 0 Å². The Kier molecular flexibility index (Phi) is 7.20. The quantitative estimate of drug-likeness (QED) is 0.443. The van der Waals surface area contributed by atoms with Gasteiger partial charge in [0.2, 0.25) is 0 Å². The zero-order chi connectivity index (χ0) is 24.2. The molecule has 0 saturated carbocycles. The number of carbonyl (C=O) groups excluding carboxylic acids is 1. The molecule has 180 valence electrons. The third-order valence-corrected chi connectivity index (χ3v) is 6.16. The summed E-state index contributed by atoms with van der Waals surface area (Å²) in [4.78, 5) is 17.7. The molecule has 0 unspecified atom stereocenters. The Hall–Kier alpha value is -3.35. The minimum atomic E-state index is -3.07. The topological polar surface area (TPSA) is 86.3 Å². The number of allylic oxidation sites excluding steroid dienone is 4. The largest absolute Gasteiger partial charge is 0.439 e. The van der Waals surface area contributed by atoms with Gasteiger partial charge in [-0.15, -0.1) is 11.8 Å². The van der Waals surface area contributed by atoms with Crippen LogP contribution >= 0.6 is 11.8 Å². The van der Waals surface area contributed by atoms with E-state index in [9.17, 15) is 22.4 Å². The number of aryl methyl sites for hydroxylation is 1. The highest BCUT2D eigenvalue weighted by atomic mass is 32.2. The lowest BCUT2D eigenvalue weighted by Crippen LogP contribution is -2.14. The lowest BCUT2D eigenvalue weighted by atomic mass is 10.0. The number of aromatic nitrogens is 5. The average Bonchev–Trinajstić information content (AvgIpc) is 3.41. The van der Waals surface area contributed by atoms with Crippen LogP contribution in [-0.4, -0.2) is 55.5 Å². The summed E-state index contributed by atoms with van der Waals surface area (Å²) in [5.41, 5.74) is 1.18. The van der Waals surface area contributed by atoms with Crippen molar-refractivity contribution in [2.75, 3.05) is 18.7 Å². The van der Waals surface area contributed by atoms with Gasteiger partial charge in [-0.1, -0.05) is 0 Å². The fraction of sp³-hybridized carbons (Fsp3) is 0.333. The fourth-order valence-electron chi connectivity index (χ4n) is 3.48. The number of rotatable bonds is 9. The first-order valence-corrected chi connectivity index (χ1v) is 11.1. The van der Waals surface area contributed by atoms with E-state index in [2.05, 4.69) is 20.5 Å². The summed E-state index contributed by atoms with van der Waals surface area (Å²) in [6, 6.07) is 1.67. The number of hydrogen-bond donors (Lipinski definition) is 1. The summed E-state index contributed by atoms with van der Waals surface area (Å²) in [5, 5.41) is 10.2. The van der Waals surface area contributed by atoms with Gasteiger partial charge >= 0.3 is 6.61 Å². The number of amides is 1. The zero-order valence-corrected chi connectivity index (χ0v) is 18.7. The number of hydrogen-bond acceptors (Lipinski definition) is 6. The van der Waals surface area contributed by atoms with Crippen molar-refractivity contribution in [1.29, 1.82) is 0 Å². The molecule has 0 spiro atoms. The molecule has 1 aliphatic rings. The summed E-state index contributed by atoms with van der Waals surface area (Å²) in [7, 11) is 1.61. The molecular weight excluding hydrogens is 476 g/mol. The van der Waals surface area contributed by atoms with Crippen molar-refractivity contribution in [3.05, 3.63) is 58.9 Å². The molecular formula is C21H20F4N6O2S. The lowest BCUT2D eigenvalue weighted by Gasteiger charge is -2.21. The second-order valence-corrected chi connectivity index (χ2v) is 8.77. The smallest absolute Gasteiger partial charge is 0.387 e. The summed E-state index contributed by atoms with van der Waals surface area (Å²) in [6.07, 6.45) is 7.94. The standard InChI is InChI=1S/C21H20F4N6O2S/c1-30-11-16(28-20(32)15-10-27-31-6-2-5-26-19(15)31)18(29-30)14-7-12(34-13(8-22)9-23)3-4-17(14)33-21(24)25/h2,5-7,10-11,13,21H,3-4,8-9H2,1H3,(H,28,32). The molecule has 0 aliphatic heterocycles. The van der Waals surface area contributed by atoms with Gasteiger partial charge in [0.25, 0.3) is 5.91 Å². The Labute approximate surface area is 195 Å². The van der Waals surface area contributed by atoms with Crippen molar-refractivity contribution in [3.63, 3.8) is 0 Å². The highest BCUT2D eigenvalue weighted by molar-refractivity contribution is 8.03. The summed E-state index contributed by atoms with van der Waals surface area (Å²) in [6.45, 7) is -4.80. The van der Waals surface area contributed by atoms with Crippen molar-refractivity contribution in [1.82, 2.24) is 24.4 Å². The SMILES string of the molecule is Cn1cc(NC(=O)c2cnn3cccnc23)c(C2=C(OC(F)F)CCC(SC(CF)CF)=C2)n1. The van der Waals surface area contributed by atoms with Gasteiger partial charge in [0.05, 0.1) is 17.1 Å².